The van der Waals surface area contributed by atoms with Crippen molar-refractivity contribution in [1.82, 2.24) is 0 Å². The largest absolute Gasteiger partial charge is 0.493 e. The molecule has 0 aliphatic rings. The zero-order chi connectivity index (χ0) is 12.7. The summed E-state index contributed by atoms with van der Waals surface area (Å²) in [6.07, 6.45) is 0. The first-order valence-electron chi connectivity index (χ1n) is 5.12. The van der Waals surface area contributed by atoms with E-state index >= 15 is 0 Å². The van der Waals surface area contributed by atoms with Crippen LogP contribution >= 0.6 is 15.9 Å². The van der Waals surface area contributed by atoms with Gasteiger partial charge in [0.25, 0.3) is 0 Å². The van der Waals surface area contributed by atoms with Crippen LogP contribution in [0, 0.1) is 0 Å². The molecule has 5 heteroatoms. The van der Waals surface area contributed by atoms with Crippen LogP contribution < -0.4 is 9.47 Å². The van der Waals surface area contributed by atoms with Crippen molar-refractivity contribution in [2.45, 2.75) is 0 Å². The molecule has 94 valence electrons. The van der Waals surface area contributed by atoms with Crippen molar-refractivity contribution in [2.24, 2.45) is 0 Å². The van der Waals surface area contributed by atoms with Crippen LogP contribution in [0.3, 0.4) is 0 Å². The Balaban J connectivity index is 2.86. The number of ether oxygens (including phenoxy) is 3. The molecule has 0 aliphatic heterocycles. The SMILES string of the molecule is COCCOc1cc(C(=O)CBr)ccc1OC. The monoisotopic (exact) mass is 302 g/mol. The standard InChI is InChI=1S/C12H15BrO4/c1-15-5-6-17-12-7-9(10(14)8-13)3-4-11(12)16-2/h3-4,7H,5-6,8H2,1-2H3. The molecule has 0 spiro atoms. The number of alkyl halides is 1. The first-order chi connectivity index (χ1) is 8.22. The van der Waals surface area contributed by atoms with Gasteiger partial charge in [-0.2, -0.15) is 0 Å². The Bertz CT molecular complexity index is 379. The van der Waals surface area contributed by atoms with Crippen molar-refractivity contribution in [3.63, 3.8) is 0 Å². The average molecular weight is 303 g/mol. The van der Waals surface area contributed by atoms with Crippen molar-refractivity contribution in [3.8, 4) is 11.5 Å². The predicted octanol–water partition coefficient (Wildman–Crippen LogP) is 2.30. The Morgan fingerprint density at radius 2 is 2.00 bits per heavy atom. The second-order valence-electron chi connectivity index (χ2n) is 3.26. The van der Waals surface area contributed by atoms with Gasteiger partial charge in [0.2, 0.25) is 0 Å². The van der Waals surface area contributed by atoms with Crippen molar-refractivity contribution in [2.75, 3.05) is 32.8 Å². The molecule has 0 saturated carbocycles. The van der Waals surface area contributed by atoms with Crippen LogP contribution in [-0.4, -0.2) is 38.5 Å². The van der Waals surface area contributed by atoms with E-state index in [-0.39, 0.29) is 11.1 Å². The van der Waals surface area contributed by atoms with E-state index in [1.54, 1.807) is 32.4 Å². The minimum atomic E-state index is 0.00393. The summed E-state index contributed by atoms with van der Waals surface area (Å²) in [6.45, 7) is 0.901. The van der Waals surface area contributed by atoms with Gasteiger partial charge in [-0.25, -0.2) is 0 Å². The van der Waals surface area contributed by atoms with Gasteiger partial charge in [0.1, 0.15) is 6.61 Å². The van der Waals surface area contributed by atoms with Crippen LogP contribution in [-0.2, 0) is 4.74 Å². The molecule has 0 N–H and O–H groups in total. The maximum absolute atomic E-state index is 11.5. The van der Waals surface area contributed by atoms with Gasteiger partial charge < -0.3 is 14.2 Å². The summed E-state index contributed by atoms with van der Waals surface area (Å²) in [5, 5.41) is 0.289. The molecule has 0 radical (unpaired) electrons. The number of methoxy groups -OCH3 is 2. The van der Waals surface area contributed by atoms with Gasteiger partial charge in [0.15, 0.2) is 17.3 Å². The number of rotatable bonds is 7. The molecule has 0 saturated heterocycles. The second kappa shape index (κ2) is 7.29. The van der Waals surface area contributed by atoms with Gasteiger partial charge in [-0.05, 0) is 18.2 Å². The predicted molar refractivity (Wildman–Crippen MR) is 68.5 cm³/mol. The normalized spacial score (nSPS) is 10.1. The number of carbonyl (C=O) groups excluding carboxylic acids is 1. The highest BCUT2D eigenvalue weighted by molar-refractivity contribution is 9.09. The number of hydrogen-bond donors (Lipinski definition) is 0. The molecule has 0 atom stereocenters. The Labute approximate surface area is 109 Å². The number of ketones is 1. The van der Waals surface area contributed by atoms with Crippen LogP contribution in [0.2, 0.25) is 0 Å². The molecule has 0 amide bonds. The summed E-state index contributed by atoms with van der Waals surface area (Å²) < 4.78 is 15.5. The molecular formula is C12H15BrO4. The quantitative estimate of drug-likeness (QED) is 0.440. The van der Waals surface area contributed by atoms with E-state index in [0.29, 0.717) is 30.3 Å². The lowest BCUT2D eigenvalue weighted by atomic mass is 10.1. The summed E-state index contributed by atoms with van der Waals surface area (Å²) in [5.41, 5.74) is 0.593. The van der Waals surface area contributed by atoms with Gasteiger partial charge in [-0.3, -0.25) is 4.79 Å². The fourth-order valence-electron chi connectivity index (χ4n) is 1.28. The molecule has 0 fully saturated rings. The van der Waals surface area contributed by atoms with Gasteiger partial charge in [-0.15, -0.1) is 0 Å². The van der Waals surface area contributed by atoms with Crippen molar-refractivity contribution < 1.29 is 19.0 Å². The highest BCUT2D eigenvalue weighted by Gasteiger charge is 2.10. The molecule has 1 aromatic carbocycles. The number of halogens is 1. The first kappa shape index (κ1) is 14.0. The van der Waals surface area contributed by atoms with Gasteiger partial charge >= 0.3 is 0 Å². The van der Waals surface area contributed by atoms with E-state index in [2.05, 4.69) is 15.9 Å². The van der Waals surface area contributed by atoms with Crippen LogP contribution in [0.25, 0.3) is 0 Å². The van der Waals surface area contributed by atoms with Crippen LogP contribution in [0.15, 0.2) is 18.2 Å². The molecule has 4 nitrogen and oxygen atoms in total. The maximum atomic E-state index is 11.5. The Morgan fingerprint density at radius 3 is 2.59 bits per heavy atom. The fourth-order valence-corrected chi connectivity index (χ4v) is 1.60. The van der Waals surface area contributed by atoms with Crippen LogP contribution in [0.1, 0.15) is 10.4 Å². The Hall–Kier alpha value is -1.07. The smallest absolute Gasteiger partial charge is 0.173 e. The van der Waals surface area contributed by atoms with Crippen LogP contribution in [0.4, 0.5) is 0 Å². The van der Waals surface area contributed by atoms with E-state index < -0.39 is 0 Å². The van der Waals surface area contributed by atoms with E-state index in [4.69, 9.17) is 14.2 Å². The third-order valence-electron chi connectivity index (χ3n) is 2.15. The lowest BCUT2D eigenvalue weighted by Crippen LogP contribution is -2.07. The number of hydrogen-bond acceptors (Lipinski definition) is 4. The Kier molecular flexibility index (Phi) is 6.00. The molecule has 0 heterocycles. The van der Waals surface area contributed by atoms with Crippen LogP contribution in [0.5, 0.6) is 11.5 Å². The molecule has 0 unspecified atom stereocenters. The average Bonchev–Trinajstić information content (AvgIpc) is 2.38. The minimum absolute atomic E-state index is 0.00393. The lowest BCUT2D eigenvalue weighted by molar-refractivity contribution is 0.102. The van der Waals surface area contributed by atoms with Crippen molar-refractivity contribution >= 4 is 21.7 Å². The molecule has 17 heavy (non-hydrogen) atoms. The molecular weight excluding hydrogens is 288 g/mol. The highest BCUT2D eigenvalue weighted by Crippen LogP contribution is 2.28. The summed E-state index contributed by atoms with van der Waals surface area (Å²) in [4.78, 5) is 11.5. The van der Waals surface area contributed by atoms with Gasteiger partial charge in [0.05, 0.1) is 19.0 Å². The second-order valence-corrected chi connectivity index (χ2v) is 3.82. The van der Waals surface area contributed by atoms with Gasteiger partial charge in [0, 0.05) is 12.7 Å². The van der Waals surface area contributed by atoms with Crippen molar-refractivity contribution in [3.05, 3.63) is 23.8 Å². The van der Waals surface area contributed by atoms with Crippen molar-refractivity contribution in [1.29, 1.82) is 0 Å². The zero-order valence-electron chi connectivity index (χ0n) is 9.86. The number of Topliss-reactive ketones (excluding diaryl/α,β-unsaturated/α-hetero) is 1. The summed E-state index contributed by atoms with van der Waals surface area (Å²) in [7, 11) is 3.16. The molecule has 0 aliphatic carbocycles. The lowest BCUT2D eigenvalue weighted by Gasteiger charge is -2.11. The Morgan fingerprint density at radius 1 is 1.24 bits per heavy atom. The topological polar surface area (TPSA) is 44.8 Å². The summed E-state index contributed by atoms with van der Waals surface area (Å²) in [5.74, 6) is 1.16. The minimum Gasteiger partial charge on any atom is -0.493 e. The molecule has 0 aromatic heterocycles. The fraction of sp³-hybridized carbons (Fsp3) is 0.417. The maximum Gasteiger partial charge on any atom is 0.173 e. The third-order valence-corrected chi connectivity index (χ3v) is 2.66. The van der Waals surface area contributed by atoms with E-state index in [1.807, 2.05) is 0 Å². The first-order valence-corrected chi connectivity index (χ1v) is 6.24. The zero-order valence-corrected chi connectivity index (χ0v) is 11.5. The van der Waals surface area contributed by atoms with E-state index in [0.717, 1.165) is 0 Å². The van der Waals surface area contributed by atoms with E-state index in [1.165, 1.54) is 0 Å². The van der Waals surface area contributed by atoms with Gasteiger partial charge in [-0.1, -0.05) is 15.9 Å². The third kappa shape index (κ3) is 4.02. The number of benzene rings is 1. The summed E-state index contributed by atoms with van der Waals surface area (Å²) >= 11 is 3.13. The highest BCUT2D eigenvalue weighted by atomic mass is 79.9. The van der Waals surface area contributed by atoms with E-state index in [9.17, 15) is 4.79 Å². The summed E-state index contributed by atoms with van der Waals surface area (Å²) in [6, 6.07) is 5.11. The number of carbonyl (C=O) groups is 1. The molecule has 1 rings (SSSR count). The molecule has 0 bridgehead atoms. The molecule has 1 aromatic rings.